The monoisotopic (exact) mass is 278 g/mol. The summed E-state index contributed by atoms with van der Waals surface area (Å²) in [5.74, 6) is -0.518. The first-order valence-electron chi connectivity index (χ1n) is 5.70. The van der Waals surface area contributed by atoms with Crippen LogP contribution in [0.2, 0.25) is 0 Å². The van der Waals surface area contributed by atoms with Gasteiger partial charge in [0.1, 0.15) is 31.5 Å². The van der Waals surface area contributed by atoms with E-state index in [0.717, 1.165) is 0 Å². The zero-order valence-corrected chi connectivity index (χ0v) is 10.4. The molecule has 1 aliphatic heterocycles. The number of ether oxygens (including phenoxy) is 2. The van der Waals surface area contributed by atoms with E-state index in [2.05, 4.69) is 10.3 Å². The van der Waals surface area contributed by atoms with Crippen LogP contribution in [-0.2, 0) is 21.8 Å². The summed E-state index contributed by atoms with van der Waals surface area (Å²) in [7, 11) is 0. The Morgan fingerprint density at radius 1 is 1.45 bits per heavy atom. The average molecular weight is 278 g/mol. The van der Waals surface area contributed by atoms with Crippen molar-refractivity contribution in [1.82, 2.24) is 14.9 Å². The van der Waals surface area contributed by atoms with Crippen molar-refractivity contribution in [3.63, 3.8) is 0 Å². The molecule has 1 aliphatic rings. The third-order valence-electron chi connectivity index (χ3n) is 2.81. The van der Waals surface area contributed by atoms with Crippen molar-refractivity contribution in [2.45, 2.75) is 19.3 Å². The summed E-state index contributed by atoms with van der Waals surface area (Å²) in [5.41, 5.74) is 0.391. The van der Waals surface area contributed by atoms with E-state index in [1.807, 2.05) is 0 Å². The molecule has 2 aromatic rings. The standard InChI is InChI=1S/C11H10N4O5/c1-11(18-2-3-19-11)10-4-9(20-13-10)7-14-6-8(5-12-14)15(16)17/h2-6H,7H2,1H3. The van der Waals surface area contributed by atoms with Gasteiger partial charge in [-0.15, -0.1) is 0 Å². The van der Waals surface area contributed by atoms with Crippen LogP contribution in [0.15, 0.2) is 35.5 Å². The highest BCUT2D eigenvalue weighted by molar-refractivity contribution is 5.21. The van der Waals surface area contributed by atoms with E-state index in [4.69, 9.17) is 14.0 Å². The molecule has 104 valence electrons. The molecule has 3 heterocycles. The second-order valence-electron chi connectivity index (χ2n) is 4.29. The van der Waals surface area contributed by atoms with Gasteiger partial charge in [-0.05, 0) is 0 Å². The molecule has 0 spiro atoms. The number of nitro groups is 1. The molecular formula is C11H10N4O5. The van der Waals surface area contributed by atoms with Crippen molar-refractivity contribution in [1.29, 1.82) is 0 Å². The minimum absolute atomic E-state index is 0.0802. The SMILES string of the molecule is CC1(c2cc(Cn3cc([N+](=O)[O-])cn3)on2)OC=CO1. The van der Waals surface area contributed by atoms with Gasteiger partial charge in [-0.25, -0.2) is 0 Å². The minimum Gasteiger partial charge on any atom is -0.451 e. The molecule has 20 heavy (non-hydrogen) atoms. The average Bonchev–Trinajstić information content (AvgIpc) is 3.10. The molecule has 0 saturated heterocycles. The van der Waals surface area contributed by atoms with E-state index in [1.165, 1.54) is 29.6 Å². The lowest BCUT2D eigenvalue weighted by Gasteiger charge is -2.19. The van der Waals surface area contributed by atoms with Crippen molar-refractivity contribution < 1.29 is 18.9 Å². The fourth-order valence-electron chi connectivity index (χ4n) is 1.76. The molecule has 0 bridgehead atoms. The maximum absolute atomic E-state index is 10.6. The van der Waals surface area contributed by atoms with Gasteiger partial charge < -0.3 is 14.0 Å². The molecule has 0 atom stereocenters. The molecule has 0 N–H and O–H groups in total. The third kappa shape index (κ3) is 2.09. The summed E-state index contributed by atoms with van der Waals surface area (Å²) < 4.78 is 17.1. The van der Waals surface area contributed by atoms with E-state index in [9.17, 15) is 10.1 Å². The summed E-state index contributed by atoms with van der Waals surface area (Å²) in [6, 6.07) is 1.65. The van der Waals surface area contributed by atoms with Crippen LogP contribution >= 0.6 is 0 Å². The summed E-state index contributed by atoms with van der Waals surface area (Å²) in [6.07, 6.45) is 5.33. The van der Waals surface area contributed by atoms with E-state index >= 15 is 0 Å². The fraction of sp³-hybridized carbons (Fsp3) is 0.273. The molecule has 9 nitrogen and oxygen atoms in total. The largest absolute Gasteiger partial charge is 0.451 e. The maximum atomic E-state index is 10.6. The van der Waals surface area contributed by atoms with Crippen LogP contribution < -0.4 is 0 Å². The lowest BCUT2D eigenvalue weighted by Crippen LogP contribution is -2.22. The van der Waals surface area contributed by atoms with Gasteiger partial charge in [0, 0.05) is 13.0 Å². The van der Waals surface area contributed by atoms with Crippen LogP contribution in [0.3, 0.4) is 0 Å². The molecule has 0 saturated carbocycles. The first-order valence-corrected chi connectivity index (χ1v) is 5.70. The second-order valence-corrected chi connectivity index (χ2v) is 4.29. The number of hydrogen-bond donors (Lipinski definition) is 0. The van der Waals surface area contributed by atoms with Crippen molar-refractivity contribution in [3.05, 3.63) is 52.6 Å². The van der Waals surface area contributed by atoms with Crippen molar-refractivity contribution in [2.24, 2.45) is 0 Å². The topological polar surface area (TPSA) is 105 Å². The van der Waals surface area contributed by atoms with Crippen LogP contribution in [0.25, 0.3) is 0 Å². The predicted octanol–water partition coefficient (Wildman–Crippen LogP) is 1.52. The Balaban J connectivity index is 1.75. The van der Waals surface area contributed by atoms with Gasteiger partial charge >= 0.3 is 5.69 Å². The Bertz CT molecular complexity index is 666. The summed E-state index contributed by atoms with van der Waals surface area (Å²) in [5, 5.41) is 18.3. The molecule has 3 rings (SSSR count). The quantitative estimate of drug-likeness (QED) is 0.616. The molecule has 0 fully saturated rings. The van der Waals surface area contributed by atoms with Gasteiger partial charge in [0.2, 0.25) is 0 Å². The lowest BCUT2D eigenvalue weighted by atomic mass is 10.2. The van der Waals surface area contributed by atoms with Crippen LogP contribution in [0.4, 0.5) is 5.69 Å². The van der Waals surface area contributed by atoms with Crippen LogP contribution in [-0.4, -0.2) is 19.9 Å². The highest BCUT2D eigenvalue weighted by Crippen LogP contribution is 2.30. The van der Waals surface area contributed by atoms with Gasteiger partial charge in [-0.3, -0.25) is 14.8 Å². The van der Waals surface area contributed by atoms with Crippen molar-refractivity contribution in [3.8, 4) is 0 Å². The minimum atomic E-state index is -1.00. The first kappa shape index (κ1) is 12.2. The Morgan fingerprint density at radius 3 is 2.85 bits per heavy atom. The third-order valence-corrected chi connectivity index (χ3v) is 2.81. The molecular weight excluding hydrogens is 268 g/mol. The first-order chi connectivity index (χ1) is 9.57. The van der Waals surface area contributed by atoms with Crippen LogP contribution in [0, 0.1) is 10.1 Å². The lowest BCUT2D eigenvalue weighted by molar-refractivity contribution is -0.385. The van der Waals surface area contributed by atoms with Crippen LogP contribution in [0.1, 0.15) is 18.4 Å². The molecule has 0 unspecified atom stereocenters. The van der Waals surface area contributed by atoms with E-state index in [-0.39, 0.29) is 12.2 Å². The van der Waals surface area contributed by atoms with Crippen molar-refractivity contribution >= 4 is 5.69 Å². The Kier molecular flexibility index (Phi) is 2.67. The second kappa shape index (κ2) is 4.37. The molecule has 0 radical (unpaired) electrons. The van der Waals surface area contributed by atoms with Gasteiger partial charge in [0.15, 0.2) is 11.5 Å². The maximum Gasteiger partial charge on any atom is 0.307 e. The number of aromatic nitrogens is 3. The van der Waals surface area contributed by atoms with E-state index in [1.54, 1.807) is 13.0 Å². The van der Waals surface area contributed by atoms with Gasteiger partial charge in [-0.1, -0.05) is 5.16 Å². The Hall–Kier alpha value is -2.84. The summed E-state index contributed by atoms with van der Waals surface area (Å²) >= 11 is 0. The number of rotatable bonds is 4. The normalized spacial score (nSPS) is 15.8. The van der Waals surface area contributed by atoms with Gasteiger partial charge in [-0.2, -0.15) is 5.10 Å². The van der Waals surface area contributed by atoms with Gasteiger partial charge in [0.25, 0.3) is 5.79 Å². The molecule has 2 aromatic heterocycles. The van der Waals surface area contributed by atoms with Crippen molar-refractivity contribution in [2.75, 3.05) is 0 Å². The Labute approximate surface area is 112 Å². The van der Waals surface area contributed by atoms with Crippen LogP contribution in [0.5, 0.6) is 0 Å². The van der Waals surface area contributed by atoms with E-state index in [0.29, 0.717) is 11.5 Å². The van der Waals surface area contributed by atoms with E-state index < -0.39 is 10.7 Å². The molecule has 0 aliphatic carbocycles. The summed E-state index contributed by atoms with van der Waals surface area (Å²) in [6.45, 7) is 1.93. The zero-order chi connectivity index (χ0) is 14.2. The molecule has 9 heteroatoms. The molecule has 0 aromatic carbocycles. The van der Waals surface area contributed by atoms with Gasteiger partial charge in [0.05, 0.1) is 4.92 Å². The fourth-order valence-corrected chi connectivity index (χ4v) is 1.76. The number of nitrogens with zero attached hydrogens (tertiary/aromatic N) is 4. The highest BCUT2D eigenvalue weighted by Gasteiger charge is 2.35. The smallest absolute Gasteiger partial charge is 0.307 e. The number of hydrogen-bond acceptors (Lipinski definition) is 7. The zero-order valence-electron chi connectivity index (χ0n) is 10.4. The highest BCUT2D eigenvalue weighted by atomic mass is 16.7. The Morgan fingerprint density at radius 2 is 2.20 bits per heavy atom. The predicted molar refractivity (Wildman–Crippen MR) is 63.1 cm³/mol. The molecule has 0 amide bonds. The summed E-state index contributed by atoms with van der Waals surface area (Å²) in [4.78, 5) is 10.1.